The fourth-order valence-electron chi connectivity index (χ4n) is 2.60. The van der Waals surface area contributed by atoms with Crippen LogP contribution in [0.2, 0.25) is 0 Å². The van der Waals surface area contributed by atoms with Crippen LogP contribution in [0.3, 0.4) is 0 Å². The van der Waals surface area contributed by atoms with Gasteiger partial charge in [0.15, 0.2) is 0 Å². The van der Waals surface area contributed by atoms with Gasteiger partial charge >= 0.3 is 0 Å². The number of hydrogen-bond donors (Lipinski definition) is 2. The molecule has 29 heavy (non-hydrogen) atoms. The summed E-state index contributed by atoms with van der Waals surface area (Å²) in [7, 11) is -3.58. The van der Waals surface area contributed by atoms with Crippen molar-refractivity contribution in [2.45, 2.75) is 16.9 Å². The van der Waals surface area contributed by atoms with E-state index < -0.39 is 10.0 Å². The van der Waals surface area contributed by atoms with Crippen molar-refractivity contribution < 1.29 is 13.2 Å². The van der Waals surface area contributed by atoms with Crippen LogP contribution in [0, 0.1) is 6.92 Å². The molecule has 0 saturated heterocycles. The number of carbonyl (C=O) groups is 1. The first-order valence-corrected chi connectivity index (χ1v) is 12.5. The molecule has 0 bridgehead atoms. The normalized spacial score (nSPS) is 11.2. The van der Waals surface area contributed by atoms with Gasteiger partial charge < -0.3 is 5.32 Å². The maximum Gasteiger partial charge on any atom is 0.271 e. The zero-order valence-corrected chi connectivity index (χ0v) is 18.4. The van der Waals surface area contributed by atoms with Gasteiger partial charge in [-0.1, -0.05) is 30.3 Å². The predicted octanol–water partition coefficient (Wildman–Crippen LogP) is 4.52. The molecule has 2 N–H and O–H groups in total. The van der Waals surface area contributed by atoms with E-state index in [-0.39, 0.29) is 10.1 Å². The van der Waals surface area contributed by atoms with Crippen molar-refractivity contribution in [2.24, 2.45) is 0 Å². The lowest BCUT2D eigenvalue weighted by Gasteiger charge is -2.09. The van der Waals surface area contributed by atoms with Gasteiger partial charge in [-0.15, -0.1) is 11.3 Å². The summed E-state index contributed by atoms with van der Waals surface area (Å²) in [5.41, 5.74) is 3.50. The Morgan fingerprint density at radius 2 is 1.79 bits per heavy atom. The number of hydrogen-bond acceptors (Lipinski definition) is 5. The van der Waals surface area contributed by atoms with Crippen LogP contribution in [0.5, 0.6) is 0 Å². The van der Waals surface area contributed by atoms with Gasteiger partial charge in [0.2, 0.25) is 0 Å². The van der Waals surface area contributed by atoms with Crippen molar-refractivity contribution in [1.82, 2.24) is 5.32 Å². The Kier molecular flexibility index (Phi) is 7.35. The second-order valence-electron chi connectivity index (χ2n) is 6.35. The first kappa shape index (κ1) is 21.4. The molecule has 1 heterocycles. The third kappa shape index (κ3) is 6.09. The van der Waals surface area contributed by atoms with Crippen LogP contribution in [0.4, 0.5) is 5.69 Å². The van der Waals surface area contributed by atoms with Crippen molar-refractivity contribution in [3.8, 4) is 0 Å². The molecule has 0 unspecified atom stereocenters. The number of rotatable bonds is 9. The lowest BCUT2D eigenvalue weighted by atomic mass is 10.1. The van der Waals surface area contributed by atoms with Gasteiger partial charge in [-0.25, -0.2) is 8.42 Å². The van der Waals surface area contributed by atoms with Crippen LogP contribution in [0.1, 0.15) is 21.5 Å². The van der Waals surface area contributed by atoms with Crippen molar-refractivity contribution in [3.63, 3.8) is 0 Å². The van der Waals surface area contributed by atoms with E-state index in [4.69, 9.17) is 0 Å². The van der Waals surface area contributed by atoms with E-state index in [1.807, 2.05) is 12.1 Å². The van der Waals surface area contributed by atoms with Crippen LogP contribution in [0.25, 0.3) is 0 Å². The predicted molar refractivity (Wildman–Crippen MR) is 121 cm³/mol. The van der Waals surface area contributed by atoms with Gasteiger partial charge in [-0.3, -0.25) is 9.52 Å². The first-order chi connectivity index (χ1) is 14.0. The molecule has 0 atom stereocenters. The quantitative estimate of drug-likeness (QED) is 0.474. The minimum atomic E-state index is -3.58. The Morgan fingerprint density at radius 3 is 2.48 bits per heavy atom. The van der Waals surface area contributed by atoms with Gasteiger partial charge in [0.05, 0.1) is 0 Å². The number of aryl methyl sites for hydroxylation is 1. The lowest BCUT2D eigenvalue weighted by molar-refractivity contribution is 0.0956. The number of carbonyl (C=O) groups excluding carboxylic acids is 1. The number of sulfonamides is 1. The highest BCUT2D eigenvalue weighted by atomic mass is 32.2. The van der Waals surface area contributed by atoms with Gasteiger partial charge in [-0.2, -0.15) is 11.8 Å². The van der Waals surface area contributed by atoms with Crippen LogP contribution < -0.4 is 10.0 Å². The molecule has 5 nitrogen and oxygen atoms in total. The van der Waals surface area contributed by atoms with Crippen LogP contribution in [-0.2, 0) is 15.8 Å². The third-order valence-corrected chi connectivity index (χ3v) is 8.00. The smallest absolute Gasteiger partial charge is 0.271 e. The SMILES string of the molecule is Cc1ccccc1CSCCNC(=O)c1ccc(NS(=O)(=O)c2cccs2)cc1. The highest BCUT2D eigenvalue weighted by Crippen LogP contribution is 2.20. The second-order valence-corrected chi connectivity index (χ2v) is 10.3. The Hall–Kier alpha value is -2.29. The number of thiophene rings is 1. The zero-order chi connectivity index (χ0) is 20.7. The maximum absolute atomic E-state index is 12.3. The fraction of sp³-hybridized carbons (Fsp3) is 0.190. The fourth-order valence-corrected chi connectivity index (χ4v) is 5.59. The number of amides is 1. The van der Waals surface area contributed by atoms with E-state index in [1.165, 1.54) is 11.1 Å². The highest BCUT2D eigenvalue weighted by Gasteiger charge is 2.15. The number of benzene rings is 2. The molecule has 0 aliphatic carbocycles. The average molecular weight is 447 g/mol. The topological polar surface area (TPSA) is 75.3 Å². The highest BCUT2D eigenvalue weighted by molar-refractivity contribution is 7.98. The Labute approximate surface area is 179 Å². The summed E-state index contributed by atoms with van der Waals surface area (Å²) < 4.78 is 27.2. The third-order valence-electron chi connectivity index (χ3n) is 4.21. The summed E-state index contributed by atoms with van der Waals surface area (Å²) in [4.78, 5) is 12.3. The number of thioether (sulfide) groups is 1. The van der Waals surface area contributed by atoms with Gasteiger partial charge in [0, 0.05) is 29.3 Å². The molecule has 0 saturated carbocycles. The summed E-state index contributed by atoms with van der Waals surface area (Å²) in [6.45, 7) is 2.67. The van der Waals surface area contributed by atoms with Crippen molar-refractivity contribution in [3.05, 3.63) is 82.7 Å². The standard InChI is InChI=1S/C21H22N2O3S3/c1-16-5-2-3-6-18(16)15-27-14-12-22-21(24)17-8-10-19(11-9-17)23-29(25,26)20-7-4-13-28-20/h2-11,13,23H,12,14-15H2,1H3,(H,22,24). The van der Waals surface area contributed by atoms with Gasteiger partial charge in [0.25, 0.3) is 15.9 Å². The van der Waals surface area contributed by atoms with E-state index >= 15 is 0 Å². The van der Waals surface area contributed by atoms with E-state index in [1.54, 1.807) is 53.5 Å². The molecule has 1 amide bonds. The first-order valence-electron chi connectivity index (χ1n) is 9.02. The monoisotopic (exact) mass is 446 g/mol. The molecule has 2 aromatic carbocycles. The Morgan fingerprint density at radius 1 is 1.03 bits per heavy atom. The van der Waals surface area contributed by atoms with Crippen molar-refractivity contribution in [2.75, 3.05) is 17.0 Å². The molecule has 3 rings (SSSR count). The summed E-state index contributed by atoms with van der Waals surface area (Å²) in [5, 5.41) is 4.60. The van der Waals surface area contributed by atoms with Crippen LogP contribution in [0.15, 0.2) is 70.3 Å². The van der Waals surface area contributed by atoms with Gasteiger partial charge in [0.1, 0.15) is 4.21 Å². The molecule has 152 valence electrons. The largest absolute Gasteiger partial charge is 0.351 e. The molecule has 3 aromatic rings. The van der Waals surface area contributed by atoms with Crippen LogP contribution in [-0.4, -0.2) is 26.6 Å². The van der Waals surface area contributed by atoms with Crippen molar-refractivity contribution >= 4 is 44.7 Å². The van der Waals surface area contributed by atoms with E-state index in [2.05, 4.69) is 29.1 Å². The zero-order valence-electron chi connectivity index (χ0n) is 15.9. The molecule has 0 aliphatic rings. The molecular formula is C21H22N2O3S3. The second kappa shape index (κ2) is 9.96. The van der Waals surface area contributed by atoms with Gasteiger partial charge in [-0.05, 0) is 53.8 Å². The Bertz CT molecular complexity index is 1050. The van der Waals surface area contributed by atoms with E-state index in [0.29, 0.717) is 17.8 Å². The minimum absolute atomic E-state index is 0.172. The maximum atomic E-state index is 12.3. The molecule has 0 spiro atoms. The van der Waals surface area contributed by atoms with E-state index in [9.17, 15) is 13.2 Å². The molecule has 8 heteroatoms. The summed E-state index contributed by atoms with van der Waals surface area (Å²) in [6.07, 6.45) is 0. The molecular weight excluding hydrogens is 424 g/mol. The molecule has 0 fully saturated rings. The summed E-state index contributed by atoms with van der Waals surface area (Å²) in [5.74, 6) is 1.56. The molecule has 1 aromatic heterocycles. The van der Waals surface area contributed by atoms with Crippen molar-refractivity contribution in [1.29, 1.82) is 0 Å². The Balaban J connectivity index is 1.45. The summed E-state index contributed by atoms with van der Waals surface area (Å²) in [6, 6.07) is 17.9. The van der Waals surface area contributed by atoms with Crippen LogP contribution >= 0.6 is 23.1 Å². The molecule has 0 aliphatic heterocycles. The van der Waals surface area contributed by atoms with E-state index in [0.717, 1.165) is 22.8 Å². The lowest BCUT2D eigenvalue weighted by Crippen LogP contribution is -2.25. The number of anilines is 1. The minimum Gasteiger partial charge on any atom is -0.351 e. The summed E-state index contributed by atoms with van der Waals surface area (Å²) >= 11 is 2.93. The molecule has 0 radical (unpaired) electrons. The number of nitrogens with one attached hydrogen (secondary N) is 2. The average Bonchev–Trinajstić information content (AvgIpc) is 3.25.